The van der Waals surface area contributed by atoms with Crippen molar-refractivity contribution in [1.82, 2.24) is 10.6 Å². The van der Waals surface area contributed by atoms with Gasteiger partial charge in [0.1, 0.15) is 0 Å². The molecular weight excluding hydrogens is 248 g/mol. The highest BCUT2D eigenvalue weighted by atomic mass is 79.9. The van der Waals surface area contributed by atoms with Crippen LogP contribution in [0.2, 0.25) is 0 Å². The molecule has 2 N–H and O–H groups in total. The van der Waals surface area contributed by atoms with Gasteiger partial charge in [0.25, 0.3) is 0 Å². The Balaban J connectivity index is 3.59. The van der Waals surface area contributed by atoms with Gasteiger partial charge in [-0.2, -0.15) is 0 Å². The Hall–Kier alpha value is -0.580. The van der Waals surface area contributed by atoms with E-state index < -0.39 is 0 Å². The summed E-state index contributed by atoms with van der Waals surface area (Å²) in [6.07, 6.45) is 0. The van der Waals surface area contributed by atoms with Crippen LogP contribution in [0, 0.1) is 5.92 Å². The van der Waals surface area contributed by atoms with E-state index >= 15 is 0 Å². The largest absolute Gasteiger partial charge is 0.354 e. The molecule has 0 heterocycles. The van der Waals surface area contributed by atoms with Crippen LogP contribution in [-0.2, 0) is 9.59 Å². The Kier molecular flexibility index (Phi) is 6.53. The minimum atomic E-state index is -0.264. The standard InChI is InChI=1S/C9H17BrN2O2/c1-6(2)4-11-8(13)5-12-9(14)7(3)10/h6-7H,4-5H2,1-3H3,(H,11,13)(H,12,14). The van der Waals surface area contributed by atoms with Crippen LogP contribution in [0.4, 0.5) is 0 Å². The monoisotopic (exact) mass is 264 g/mol. The molecule has 1 unspecified atom stereocenters. The Morgan fingerprint density at radius 1 is 1.21 bits per heavy atom. The lowest BCUT2D eigenvalue weighted by atomic mass is 10.2. The van der Waals surface area contributed by atoms with Crippen LogP contribution in [-0.4, -0.2) is 29.7 Å². The number of alkyl halides is 1. The van der Waals surface area contributed by atoms with E-state index in [-0.39, 0.29) is 23.2 Å². The first-order valence-corrected chi connectivity index (χ1v) is 5.53. The Morgan fingerprint density at radius 2 is 1.79 bits per heavy atom. The van der Waals surface area contributed by atoms with Crippen molar-refractivity contribution in [2.75, 3.05) is 13.1 Å². The van der Waals surface area contributed by atoms with Gasteiger partial charge in [0, 0.05) is 6.54 Å². The van der Waals surface area contributed by atoms with E-state index in [0.29, 0.717) is 12.5 Å². The van der Waals surface area contributed by atoms with E-state index in [1.807, 2.05) is 13.8 Å². The second-order valence-electron chi connectivity index (χ2n) is 3.53. The predicted octanol–water partition coefficient (Wildman–Crippen LogP) is 0.658. The van der Waals surface area contributed by atoms with Crippen molar-refractivity contribution in [3.63, 3.8) is 0 Å². The van der Waals surface area contributed by atoms with Gasteiger partial charge in [-0.1, -0.05) is 29.8 Å². The Bertz CT molecular complexity index is 205. The molecule has 0 spiro atoms. The zero-order valence-corrected chi connectivity index (χ0v) is 10.3. The molecule has 14 heavy (non-hydrogen) atoms. The molecule has 0 aliphatic rings. The molecule has 2 amide bonds. The Labute approximate surface area is 92.9 Å². The lowest BCUT2D eigenvalue weighted by molar-refractivity contribution is -0.125. The second-order valence-corrected chi connectivity index (χ2v) is 4.91. The van der Waals surface area contributed by atoms with Gasteiger partial charge in [-0.3, -0.25) is 9.59 Å². The highest BCUT2D eigenvalue weighted by molar-refractivity contribution is 9.10. The van der Waals surface area contributed by atoms with Gasteiger partial charge in [-0.25, -0.2) is 0 Å². The van der Waals surface area contributed by atoms with E-state index in [9.17, 15) is 9.59 Å². The van der Waals surface area contributed by atoms with E-state index in [1.165, 1.54) is 0 Å². The molecule has 0 bridgehead atoms. The van der Waals surface area contributed by atoms with Crippen molar-refractivity contribution in [1.29, 1.82) is 0 Å². The van der Waals surface area contributed by atoms with Gasteiger partial charge in [0.15, 0.2) is 0 Å². The molecule has 0 aromatic heterocycles. The summed E-state index contributed by atoms with van der Waals surface area (Å²) in [6.45, 7) is 6.42. The lowest BCUT2D eigenvalue weighted by Crippen LogP contribution is -2.40. The zero-order chi connectivity index (χ0) is 11.1. The molecule has 0 saturated carbocycles. The first-order chi connectivity index (χ1) is 6.43. The van der Waals surface area contributed by atoms with Crippen molar-refractivity contribution in [3.8, 4) is 0 Å². The third-order valence-electron chi connectivity index (χ3n) is 1.49. The summed E-state index contributed by atoms with van der Waals surface area (Å²) >= 11 is 3.11. The van der Waals surface area contributed by atoms with Crippen LogP contribution in [0.25, 0.3) is 0 Å². The van der Waals surface area contributed by atoms with Crippen molar-refractivity contribution < 1.29 is 9.59 Å². The minimum absolute atomic E-state index is 0.0431. The van der Waals surface area contributed by atoms with Gasteiger partial charge in [-0.15, -0.1) is 0 Å². The third kappa shape index (κ3) is 6.88. The quantitative estimate of drug-likeness (QED) is 0.717. The maximum absolute atomic E-state index is 11.1. The van der Waals surface area contributed by atoms with Crippen molar-refractivity contribution in [2.24, 2.45) is 5.92 Å². The van der Waals surface area contributed by atoms with Crippen LogP contribution < -0.4 is 10.6 Å². The number of hydrogen-bond donors (Lipinski definition) is 2. The van der Waals surface area contributed by atoms with E-state index in [1.54, 1.807) is 6.92 Å². The van der Waals surface area contributed by atoms with Crippen LogP contribution in [0.3, 0.4) is 0 Å². The summed E-state index contributed by atoms with van der Waals surface area (Å²) in [4.78, 5) is 21.9. The highest BCUT2D eigenvalue weighted by Gasteiger charge is 2.09. The van der Waals surface area contributed by atoms with Crippen molar-refractivity contribution in [2.45, 2.75) is 25.6 Å². The van der Waals surface area contributed by atoms with Crippen molar-refractivity contribution in [3.05, 3.63) is 0 Å². The summed E-state index contributed by atoms with van der Waals surface area (Å²) in [5.74, 6) is 0.0923. The van der Waals surface area contributed by atoms with Gasteiger partial charge in [-0.05, 0) is 12.8 Å². The van der Waals surface area contributed by atoms with Crippen molar-refractivity contribution >= 4 is 27.7 Å². The Morgan fingerprint density at radius 3 is 2.21 bits per heavy atom. The molecular formula is C9H17BrN2O2. The maximum Gasteiger partial charge on any atom is 0.239 e. The lowest BCUT2D eigenvalue weighted by Gasteiger charge is -2.09. The normalized spacial score (nSPS) is 12.4. The molecule has 0 radical (unpaired) electrons. The summed E-state index contributed by atoms with van der Waals surface area (Å²) in [5, 5.41) is 5.22. The molecule has 1 atom stereocenters. The maximum atomic E-state index is 11.1. The number of amides is 2. The van der Waals surface area contributed by atoms with Gasteiger partial charge < -0.3 is 10.6 Å². The number of rotatable bonds is 5. The average Bonchev–Trinajstić information content (AvgIpc) is 2.10. The number of hydrogen-bond acceptors (Lipinski definition) is 2. The van der Waals surface area contributed by atoms with Crippen LogP contribution in [0.15, 0.2) is 0 Å². The van der Waals surface area contributed by atoms with Crippen LogP contribution >= 0.6 is 15.9 Å². The molecule has 0 aromatic rings. The number of halogens is 1. The molecule has 4 nitrogen and oxygen atoms in total. The molecule has 0 saturated heterocycles. The summed E-state index contributed by atoms with van der Waals surface area (Å²) in [6, 6.07) is 0. The minimum Gasteiger partial charge on any atom is -0.354 e. The molecule has 0 fully saturated rings. The SMILES string of the molecule is CC(C)CNC(=O)CNC(=O)C(C)Br. The summed E-state index contributed by atoms with van der Waals surface area (Å²) in [5.41, 5.74) is 0. The fraction of sp³-hybridized carbons (Fsp3) is 0.778. The predicted molar refractivity (Wildman–Crippen MR) is 59.2 cm³/mol. The highest BCUT2D eigenvalue weighted by Crippen LogP contribution is 1.95. The summed E-state index contributed by atoms with van der Waals surface area (Å²) in [7, 11) is 0. The molecule has 0 aliphatic carbocycles. The first kappa shape index (κ1) is 13.4. The third-order valence-corrected chi connectivity index (χ3v) is 1.91. The number of carbonyl (C=O) groups excluding carboxylic acids is 2. The van der Waals surface area contributed by atoms with E-state index in [4.69, 9.17) is 0 Å². The fourth-order valence-electron chi connectivity index (χ4n) is 0.688. The van der Waals surface area contributed by atoms with Crippen LogP contribution in [0.1, 0.15) is 20.8 Å². The molecule has 5 heteroatoms. The fourth-order valence-corrected chi connectivity index (χ4v) is 0.850. The smallest absolute Gasteiger partial charge is 0.239 e. The first-order valence-electron chi connectivity index (χ1n) is 4.62. The second kappa shape index (κ2) is 6.81. The average molecular weight is 265 g/mol. The number of carbonyl (C=O) groups is 2. The number of nitrogens with one attached hydrogen (secondary N) is 2. The van der Waals surface area contributed by atoms with Gasteiger partial charge in [0.2, 0.25) is 11.8 Å². The van der Waals surface area contributed by atoms with Gasteiger partial charge in [0.05, 0.1) is 11.4 Å². The topological polar surface area (TPSA) is 58.2 Å². The molecule has 0 aliphatic heterocycles. The zero-order valence-electron chi connectivity index (χ0n) is 8.76. The summed E-state index contributed by atoms with van der Waals surface area (Å²) < 4.78 is 0. The molecule has 82 valence electrons. The van der Waals surface area contributed by atoms with Gasteiger partial charge >= 0.3 is 0 Å². The molecule has 0 aromatic carbocycles. The van der Waals surface area contributed by atoms with E-state index in [2.05, 4.69) is 26.6 Å². The van der Waals surface area contributed by atoms with Crippen LogP contribution in [0.5, 0.6) is 0 Å². The molecule has 0 rings (SSSR count). The van der Waals surface area contributed by atoms with E-state index in [0.717, 1.165) is 0 Å².